The highest BCUT2D eigenvalue weighted by Gasteiger charge is 2.33. The average Bonchev–Trinajstić information content (AvgIpc) is 2.71. The van der Waals surface area contributed by atoms with Crippen LogP contribution >= 0.6 is 0 Å². The first-order chi connectivity index (χ1) is 8.01. The van der Waals surface area contributed by atoms with Crippen LogP contribution in [0.25, 0.3) is 0 Å². The zero-order chi connectivity index (χ0) is 12.6. The Morgan fingerprint density at radius 2 is 2.24 bits per heavy atom. The summed E-state index contributed by atoms with van der Waals surface area (Å²) in [7, 11) is 0. The van der Waals surface area contributed by atoms with Gasteiger partial charge in [-0.1, -0.05) is 26.8 Å². The zero-order valence-electron chi connectivity index (χ0n) is 10.8. The number of hydrogen-bond acceptors (Lipinski definition) is 2. The molecule has 2 rings (SSSR count). The van der Waals surface area contributed by atoms with Crippen LogP contribution in [0.15, 0.2) is 19.0 Å². The lowest BCUT2D eigenvalue weighted by Crippen LogP contribution is -2.28. The summed E-state index contributed by atoms with van der Waals surface area (Å²) >= 11 is 0. The number of nitrogens with zero attached hydrogens (tertiary/aromatic N) is 2. The molecule has 2 atom stereocenters. The predicted octanol–water partition coefficient (Wildman–Crippen LogP) is 3.13. The van der Waals surface area contributed by atoms with Gasteiger partial charge in [0.2, 0.25) is 0 Å². The van der Waals surface area contributed by atoms with Crippen molar-refractivity contribution < 1.29 is 4.79 Å². The van der Waals surface area contributed by atoms with Gasteiger partial charge in [-0.3, -0.25) is 4.79 Å². The molecule has 0 aliphatic heterocycles. The lowest BCUT2D eigenvalue weighted by molar-refractivity contribution is 0.110. The summed E-state index contributed by atoms with van der Waals surface area (Å²) in [6, 6.07) is 0.442. The van der Waals surface area contributed by atoms with Crippen LogP contribution in [-0.4, -0.2) is 15.8 Å². The maximum Gasteiger partial charge on any atom is 0.168 e. The lowest BCUT2D eigenvalue weighted by Gasteiger charge is -2.35. The number of carbonyl (C=O) groups is 1. The van der Waals surface area contributed by atoms with Gasteiger partial charge in [-0.15, -0.1) is 6.58 Å². The van der Waals surface area contributed by atoms with E-state index in [4.69, 9.17) is 0 Å². The smallest absolute Gasteiger partial charge is 0.168 e. The highest BCUT2D eigenvalue weighted by molar-refractivity contribution is 5.75. The van der Waals surface area contributed by atoms with E-state index in [1.807, 2.05) is 30.8 Å². The van der Waals surface area contributed by atoms with Gasteiger partial charge in [-0.25, -0.2) is 4.98 Å². The fraction of sp³-hybridized carbons (Fsp3) is 0.571. The lowest BCUT2D eigenvalue weighted by atomic mass is 9.80. The van der Waals surface area contributed by atoms with Gasteiger partial charge in [0.25, 0.3) is 0 Å². The van der Waals surface area contributed by atoms with Crippen molar-refractivity contribution in [2.45, 2.75) is 45.1 Å². The second-order valence-electron chi connectivity index (χ2n) is 5.55. The standard InChI is InChI=1S/C14H20N2O/c1-5-14(3,4)13-12(8-17)16(9-15-13)11-7-6-10(11)2/h5,8-11H,1,6-7H2,2-4H3/t10?,11-/m1/s1. The largest absolute Gasteiger partial charge is 0.325 e. The number of carbonyl (C=O) groups excluding carboxylic acids is 1. The number of imidazole rings is 1. The zero-order valence-corrected chi connectivity index (χ0v) is 10.8. The molecule has 0 spiro atoms. The van der Waals surface area contributed by atoms with Crippen molar-refractivity contribution in [2.24, 2.45) is 5.92 Å². The average molecular weight is 232 g/mol. The fourth-order valence-corrected chi connectivity index (χ4v) is 2.41. The molecular weight excluding hydrogens is 212 g/mol. The number of hydrogen-bond donors (Lipinski definition) is 0. The molecule has 17 heavy (non-hydrogen) atoms. The molecule has 1 aliphatic carbocycles. The Balaban J connectivity index is 2.43. The molecule has 1 aromatic rings. The van der Waals surface area contributed by atoms with E-state index < -0.39 is 0 Å². The van der Waals surface area contributed by atoms with Crippen LogP contribution in [0.4, 0.5) is 0 Å². The molecule has 1 unspecified atom stereocenters. The minimum absolute atomic E-state index is 0.255. The Morgan fingerprint density at radius 3 is 2.65 bits per heavy atom. The number of rotatable bonds is 4. The first kappa shape index (κ1) is 12.1. The third-order valence-corrected chi connectivity index (χ3v) is 4.00. The molecule has 1 fully saturated rings. The third kappa shape index (κ3) is 1.84. The Labute approximate surface area is 103 Å². The van der Waals surface area contributed by atoms with Crippen molar-refractivity contribution in [2.75, 3.05) is 0 Å². The first-order valence-corrected chi connectivity index (χ1v) is 6.17. The van der Waals surface area contributed by atoms with Crippen LogP contribution < -0.4 is 0 Å². The molecule has 0 bridgehead atoms. The SMILES string of the molecule is C=CC(C)(C)c1ncn([C@@H]2CCC2C)c1C=O. The van der Waals surface area contributed by atoms with Crippen molar-refractivity contribution in [1.29, 1.82) is 0 Å². The number of allylic oxidation sites excluding steroid dienone is 1. The molecule has 0 saturated heterocycles. The van der Waals surface area contributed by atoms with Crippen LogP contribution in [-0.2, 0) is 5.41 Å². The summed E-state index contributed by atoms with van der Waals surface area (Å²) in [5, 5.41) is 0. The van der Waals surface area contributed by atoms with Crippen LogP contribution in [0.5, 0.6) is 0 Å². The van der Waals surface area contributed by atoms with Crippen LogP contribution in [0.3, 0.4) is 0 Å². The van der Waals surface area contributed by atoms with Crippen LogP contribution in [0.2, 0.25) is 0 Å². The van der Waals surface area contributed by atoms with Gasteiger partial charge >= 0.3 is 0 Å². The monoisotopic (exact) mass is 232 g/mol. The van der Waals surface area contributed by atoms with E-state index in [1.165, 1.54) is 6.42 Å². The second kappa shape index (κ2) is 4.13. The second-order valence-corrected chi connectivity index (χ2v) is 5.55. The quantitative estimate of drug-likeness (QED) is 0.590. The van der Waals surface area contributed by atoms with Crippen molar-refractivity contribution >= 4 is 6.29 Å². The van der Waals surface area contributed by atoms with E-state index in [0.29, 0.717) is 17.7 Å². The van der Waals surface area contributed by atoms with Crippen molar-refractivity contribution in [3.8, 4) is 0 Å². The summed E-state index contributed by atoms with van der Waals surface area (Å²) in [5.41, 5.74) is 1.29. The Bertz CT molecular complexity index is 445. The first-order valence-electron chi connectivity index (χ1n) is 6.17. The van der Waals surface area contributed by atoms with Crippen LogP contribution in [0, 0.1) is 5.92 Å². The van der Waals surface area contributed by atoms with E-state index in [9.17, 15) is 4.79 Å². The molecule has 1 saturated carbocycles. The Morgan fingerprint density at radius 1 is 1.53 bits per heavy atom. The number of aromatic nitrogens is 2. The summed E-state index contributed by atoms with van der Waals surface area (Å²) in [6.45, 7) is 10.1. The molecule has 0 radical (unpaired) electrons. The van der Waals surface area contributed by atoms with E-state index >= 15 is 0 Å². The Hall–Kier alpha value is -1.38. The molecule has 0 N–H and O–H groups in total. The van der Waals surface area contributed by atoms with Gasteiger partial charge in [0, 0.05) is 11.5 Å². The molecule has 1 aromatic heterocycles. The summed E-state index contributed by atoms with van der Waals surface area (Å²) in [5.74, 6) is 0.641. The van der Waals surface area contributed by atoms with E-state index in [-0.39, 0.29) is 5.41 Å². The van der Waals surface area contributed by atoms with Gasteiger partial charge in [-0.05, 0) is 18.8 Å². The van der Waals surface area contributed by atoms with Crippen molar-refractivity contribution in [3.05, 3.63) is 30.4 Å². The molecule has 3 nitrogen and oxygen atoms in total. The highest BCUT2D eigenvalue weighted by atomic mass is 16.1. The minimum atomic E-state index is -0.255. The van der Waals surface area contributed by atoms with E-state index in [1.54, 1.807) is 0 Å². The molecule has 0 aromatic carbocycles. The Kier molecular flexibility index (Phi) is 2.94. The molecule has 1 heterocycles. The third-order valence-electron chi connectivity index (χ3n) is 4.00. The molecule has 0 amide bonds. The highest BCUT2D eigenvalue weighted by Crippen LogP contribution is 2.40. The van der Waals surface area contributed by atoms with Crippen LogP contribution in [0.1, 0.15) is 55.8 Å². The van der Waals surface area contributed by atoms with E-state index in [0.717, 1.165) is 18.4 Å². The molecule has 3 heteroatoms. The molecular formula is C14H20N2O. The van der Waals surface area contributed by atoms with Gasteiger partial charge in [0.1, 0.15) is 5.69 Å². The minimum Gasteiger partial charge on any atom is -0.325 e. The molecule has 92 valence electrons. The van der Waals surface area contributed by atoms with Crippen molar-refractivity contribution in [1.82, 2.24) is 9.55 Å². The predicted molar refractivity (Wildman–Crippen MR) is 68.3 cm³/mol. The van der Waals surface area contributed by atoms with Gasteiger partial charge < -0.3 is 4.57 Å². The molecule has 1 aliphatic rings. The summed E-state index contributed by atoms with van der Waals surface area (Å²) < 4.78 is 2.04. The van der Waals surface area contributed by atoms with Crippen molar-refractivity contribution in [3.63, 3.8) is 0 Å². The van der Waals surface area contributed by atoms with Gasteiger partial charge in [0.05, 0.1) is 12.0 Å². The van der Waals surface area contributed by atoms with Gasteiger partial charge in [0.15, 0.2) is 6.29 Å². The summed E-state index contributed by atoms with van der Waals surface area (Å²) in [4.78, 5) is 15.8. The fourth-order valence-electron chi connectivity index (χ4n) is 2.41. The maximum atomic E-state index is 11.3. The van der Waals surface area contributed by atoms with Gasteiger partial charge in [-0.2, -0.15) is 0 Å². The topological polar surface area (TPSA) is 34.9 Å². The maximum absolute atomic E-state index is 11.3. The summed E-state index contributed by atoms with van der Waals surface area (Å²) in [6.07, 6.45) is 6.97. The normalized spacial score (nSPS) is 24.2. The van der Waals surface area contributed by atoms with E-state index in [2.05, 4.69) is 18.5 Å². The number of aldehydes is 1.